The van der Waals surface area contributed by atoms with Crippen LogP contribution >= 0.6 is 11.6 Å². The average molecular weight is 504 g/mol. The van der Waals surface area contributed by atoms with Crippen LogP contribution in [0.25, 0.3) is 10.9 Å². The third kappa shape index (κ3) is 4.63. The van der Waals surface area contributed by atoms with E-state index in [-0.39, 0.29) is 11.8 Å². The Morgan fingerprint density at radius 1 is 1.06 bits per heavy atom. The van der Waals surface area contributed by atoms with Gasteiger partial charge in [-0.15, -0.1) is 0 Å². The molecular formula is C27H22ClN3O5. The SMILES string of the molecule is COc1cc2nccc(Oc3ccc4c(c3)OCCN4C(=O)Nc3ccc(Cl)cc3)c2cc1C(C)=O. The van der Waals surface area contributed by atoms with Crippen LogP contribution in [-0.2, 0) is 0 Å². The number of hydrogen-bond acceptors (Lipinski definition) is 6. The largest absolute Gasteiger partial charge is 0.496 e. The molecule has 0 atom stereocenters. The minimum Gasteiger partial charge on any atom is -0.496 e. The molecule has 5 rings (SSSR count). The predicted molar refractivity (Wildman–Crippen MR) is 138 cm³/mol. The van der Waals surface area contributed by atoms with Crippen molar-refractivity contribution < 1.29 is 23.8 Å². The molecule has 0 saturated carbocycles. The molecule has 0 aliphatic carbocycles. The lowest BCUT2D eigenvalue weighted by atomic mass is 10.1. The van der Waals surface area contributed by atoms with Crippen LogP contribution in [-0.4, -0.2) is 37.1 Å². The summed E-state index contributed by atoms with van der Waals surface area (Å²) in [4.78, 5) is 31.0. The van der Waals surface area contributed by atoms with Gasteiger partial charge in [0.25, 0.3) is 0 Å². The fraction of sp³-hybridized carbons (Fsp3) is 0.148. The van der Waals surface area contributed by atoms with Crippen LogP contribution in [0.4, 0.5) is 16.2 Å². The van der Waals surface area contributed by atoms with Crippen molar-refractivity contribution in [1.82, 2.24) is 4.98 Å². The van der Waals surface area contributed by atoms with E-state index in [0.29, 0.717) is 69.0 Å². The number of ether oxygens (including phenoxy) is 3. The van der Waals surface area contributed by atoms with Gasteiger partial charge < -0.3 is 19.5 Å². The highest BCUT2D eigenvalue weighted by Gasteiger charge is 2.25. The maximum atomic E-state index is 12.9. The van der Waals surface area contributed by atoms with Gasteiger partial charge in [-0.25, -0.2) is 4.79 Å². The van der Waals surface area contributed by atoms with Crippen LogP contribution in [0.2, 0.25) is 5.02 Å². The lowest BCUT2D eigenvalue weighted by molar-refractivity contribution is 0.101. The van der Waals surface area contributed by atoms with Gasteiger partial charge in [-0.1, -0.05) is 11.6 Å². The van der Waals surface area contributed by atoms with E-state index < -0.39 is 0 Å². The van der Waals surface area contributed by atoms with Crippen molar-refractivity contribution in [1.29, 1.82) is 0 Å². The topological polar surface area (TPSA) is 90.0 Å². The number of urea groups is 1. The van der Waals surface area contributed by atoms with Crippen LogP contribution in [0.1, 0.15) is 17.3 Å². The van der Waals surface area contributed by atoms with E-state index in [2.05, 4.69) is 10.3 Å². The number of anilines is 2. The number of carbonyl (C=O) groups excluding carboxylic acids is 2. The first-order valence-corrected chi connectivity index (χ1v) is 11.6. The minimum absolute atomic E-state index is 0.122. The standard InChI is InChI=1S/C27H22ClN3O5/c1-16(32)20-14-21-22(15-25(20)34-2)29-10-9-24(21)36-19-7-8-23-26(13-19)35-12-11-31(23)27(33)30-18-5-3-17(28)4-6-18/h3-10,13-15H,11-12H2,1-2H3,(H,30,33). The molecule has 2 heterocycles. The lowest BCUT2D eigenvalue weighted by Crippen LogP contribution is -2.40. The summed E-state index contributed by atoms with van der Waals surface area (Å²) >= 11 is 5.93. The number of rotatable bonds is 5. The number of benzene rings is 3. The van der Waals surface area contributed by atoms with Crippen molar-refractivity contribution in [2.24, 2.45) is 0 Å². The number of halogens is 1. The molecule has 1 aliphatic heterocycles. The number of Topliss-reactive ketones (excluding diaryl/α,β-unsaturated/α-hetero) is 1. The second-order valence-corrected chi connectivity index (χ2v) is 8.54. The molecule has 0 unspecified atom stereocenters. The van der Waals surface area contributed by atoms with Crippen molar-refractivity contribution in [3.8, 4) is 23.0 Å². The number of amides is 2. The van der Waals surface area contributed by atoms with Crippen molar-refractivity contribution in [2.45, 2.75) is 6.92 Å². The lowest BCUT2D eigenvalue weighted by Gasteiger charge is -2.30. The number of nitrogens with zero attached hydrogens (tertiary/aromatic N) is 2. The Morgan fingerprint density at radius 3 is 2.61 bits per heavy atom. The first kappa shape index (κ1) is 23.4. The smallest absolute Gasteiger partial charge is 0.326 e. The summed E-state index contributed by atoms with van der Waals surface area (Å²) in [5.74, 6) is 1.90. The van der Waals surface area contributed by atoms with Crippen LogP contribution in [0.15, 0.2) is 66.9 Å². The second kappa shape index (κ2) is 9.75. The molecule has 1 N–H and O–H groups in total. The van der Waals surface area contributed by atoms with Gasteiger partial charge in [0.05, 0.1) is 30.4 Å². The Kier molecular flexibility index (Phi) is 6.35. The Bertz CT molecular complexity index is 1470. The van der Waals surface area contributed by atoms with Gasteiger partial charge in [-0.05, 0) is 55.5 Å². The van der Waals surface area contributed by atoms with E-state index in [1.807, 2.05) is 0 Å². The summed E-state index contributed by atoms with van der Waals surface area (Å²) in [5.41, 5.74) is 2.35. The summed E-state index contributed by atoms with van der Waals surface area (Å²) in [6.45, 7) is 2.22. The quantitative estimate of drug-likeness (QED) is 0.320. The zero-order valence-corrected chi connectivity index (χ0v) is 20.3. The molecule has 3 aromatic carbocycles. The third-order valence-corrected chi connectivity index (χ3v) is 6.02. The number of methoxy groups -OCH3 is 1. The normalized spacial score (nSPS) is 12.5. The van der Waals surface area contributed by atoms with Crippen molar-refractivity contribution >= 4 is 45.7 Å². The third-order valence-electron chi connectivity index (χ3n) is 5.77. The van der Waals surface area contributed by atoms with E-state index in [0.717, 1.165) is 0 Å². The van der Waals surface area contributed by atoms with Gasteiger partial charge in [0.15, 0.2) is 5.78 Å². The summed E-state index contributed by atoms with van der Waals surface area (Å²) in [5, 5.41) is 4.14. The molecule has 4 aromatic rings. The van der Waals surface area contributed by atoms with Gasteiger partial charge in [-0.3, -0.25) is 14.7 Å². The molecule has 0 spiro atoms. The average Bonchev–Trinajstić information content (AvgIpc) is 2.88. The number of hydrogen-bond donors (Lipinski definition) is 1. The number of pyridine rings is 1. The minimum atomic E-state index is -0.277. The second-order valence-electron chi connectivity index (χ2n) is 8.10. The van der Waals surface area contributed by atoms with Crippen molar-refractivity contribution in [2.75, 3.05) is 30.5 Å². The molecule has 182 valence electrons. The van der Waals surface area contributed by atoms with Crippen LogP contribution in [0.5, 0.6) is 23.0 Å². The molecule has 0 radical (unpaired) electrons. The molecule has 8 nitrogen and oxygen atoms in total. The van der Waals surface area contributed by atoms with Gasteiger partial charge >= 0.3 is 6.03 Å². The first-order chi connectivity index (χ1) is 17.4. The Morgan fingerprint density at radius 2 is 1.86 bits per heavy atom. The monoisotopic (exact) mass is 503 g/mol. The Balaban J connectivity index is 1.42. The van der Waals surface area contributed by atoms with Crippen molar-refractivity contribution in [3.63, 3.8) is 0 Å². The fourth-order valence-corrected chi connectivity index (χ4v) is 4.13. The highest BCUT2D eigenvalue weighted by atomic mass is 35.5. The van der Waals surface area contributed by atoms with E-state index in [1.54, 1.807) is 71.8 Å². The van der Waals surface area contributed by atoms with Crippen LogP contribution in [0, 0.1) is 0 Å². The molecule has 36 heavy (non-hydrogen) atoms. The van der Waals surface area contributed by atoms with E-state index in [4.69, 9.17) is 25.8 Å². The Labute approximate surface area is 212 Å². The van der Waals surface area contributed by atoms with E-state index >= 15 is 0 Å². The van der Waals surface area contributed by atoms with Crippen molar-refractivity contribution in [3.05, 3.63) is 77.4 Å². The van der Waals surface area contributed by atoms with Gasteiger partial charge in [-0.2, -0.15) is 0 Å². The van der Waals surface area contributed by atoms with Crippen LogP contribution < -0.4 is 24.4 Å². The fourth-order valence-electron chi connectivity index (χ4n) is 4.01. The maximum absolute atomic E-state index is 12.9. The van der Waals surface area contributed by atoms with Crippen LogP contribution in [0.3, 0.4) is 0 Å². The molecule has 0 bridgehead atoms. The summed E-state index contributed by atoms with van der Waals surface area (Å²) in [6, 6.07) is 17.1. The number of aromatic nitrogens is 1. The highest BCUT2D eigenvalue weighted by Crippen LogP contribution is 2.39. The molecular weight excluding hydrogens is 482 g/mol. The zero-order chi connectivity index (χ0) is 25.2. The molecule has 1 aliphatic rings. The van der Waals surface area contributed by atoms with E-state index in [9.17, 15) is 9.59 Å². The number of carbonyl (C=O) groups is 2. The Hall–Kier alpha value is -4.30. The molecule has 2 amide bonds. The first-order valence-electron chi connectivity index (χ1n) is 11.2. The summed E-state index contributed by atoms with van der Waals surface area (Å²) in [7, 11) is 1.51. The molecule has 0 fully saturated rings. The highest BCUT2D eigenvalue weighted by molar-refractivity contribution is 6.30. The number of nitrogens with one attached hydrogen (secondary N) is 1. The van der Waals surface area contributed by atoms with Gasteiger partial charge in [0.1, 0.15) is 29.6 Å². The molecule has 9 heteroatoms. The summed E-state index contributed by atoms with van der Waals surface area (Å²) in [6.07, 6.45) is 1.63. The van der Waals surface area contributed by atoms with Gasteiger partial charge in [0.2, 0.25) is 0 Å². The molecule has 1 aromatic heterocycles. The van der Waals surface area contributed by atoms with E-state index in [1.165, 1.54) is 14.0 Å². The number of ketones is 1. The molecule has 0 saturated heterocycles. The van der Waals surface area contributed by atoms with Gasteiger partial charge in [0, 0.05) is 34.4 Å². The zero-order valence-electron chi connectivity index (χ0n) is 19.6. The number of fused-ring (bicyclic) bond motifs is 2. The summed E-state index contributed by atoms with van der Waals surface area (Å²) < 4.78 is 17.3. The predicted octanol–water partition coefficient (Wildman–Crippen LogP) is 6.32. The maximum Gasteiger partial charge on any atom is 0.326 e.